The van der Waals surface area contributed by atoms with Crippen LogP contribution in [0.25, 0.3) is 0 Å². The molecule has 1 fully saturated rings. The molecule has 0 amide bonds. The van der Waals surface area contributed by atoms with E-state index in [0.29, 0.717) is 11.0 Å². The van der Waals surface area contributed by atoms with Gasteiger partial charge in [-0.3, -0.25) is 0 Å². The number of hydrogen-bond donors (Lipinski definition) is 1. The summed E-state index contributed by atoms with van der Waals surface area (Å²) in [6, 6.07) is 3.94. The summed E-state index contributed by atoms with van der Waals surface area (Å²) in [5, 5.41) is 0. The van der Waals surface area contributed by atoms with Crippen LogP contribution < -0.4 is 4.72 Å². The van der Waals surface area contributed by atoms with Crippen LogP contribution in [-0.2, 0) is 10.0 Å². The van der Waals surface area contributed by atoms with Crippen LogP contribution in [0.15, 0.2) is 27.6 Å². The second-order valence-corrected chi connectivity index (χ2v) is 9.07. The van der Waals surface area contributed by atoms with Crippen molar-refractivity contribution in [2.24, 2.45) is 16.7 Å². The van der Waals surface area contributed by atoms with Gasteiger partial charge in [0.2, 0.25) is 10.0 Å². The Morgan fingerprint density at radius 1 is 1.25 bits per heavy atom. The van der Waals surface area contributed by atoms with E-state index < -0.39 is 15.8 Å². The van der Waals surface area contributed by atoms with E-state index in [-0.39, 0.29) is 21.6 Å². The molecule has 3 nitrogen and oxygen atoms in total. The molecule has 1 saturated carbocycles. The van der Waals surface area contributed by atoms with Gasteiger partial charge in [-0.15, -0.1) is 0 Å². The minimum atomic E-state index is -3.81. The van der Waals surface area contributed by atoms with Gasteiger partial charge >= 0.3 is 0 Å². The highest BCUT2D eigenvalue weighted by Crippen LogP contribution is 2.67. The van der Waals surface area contributed by atoms with E-state index in [2.05, 4.69) is 48.3 Å². The van der Waals surface area contributed by atoms with Crippen molar-refractivity contribution in [2.75, 3.05) is 6.54 Å². The lowest BCUT2D eigenvalue weighted by atomic mass is 10.0. The van der Waals surface area contributed by atoms with Gasteiger partial charge in [-0.2, -0.15) is 0 Å². The van der Waals surface area contributed by atoms with Gasteiger partial charge in [-0.05, 0) is 34.9 Å². The van der Waals surface area contributed by atoms with Crippen molar-refractivity contribution in [3.8, 4) is 0 Å². The lowest BCUT2D eigenvalue weighted by molar-refractivity contribution is 0.457. The molecule has 112 valence electrons. The molecule has 1 aromatic rings. The number of sulfonamides is 1. The molecule has 0 bridgehead atoms. The van der Waals surface area contributed by atoms with Crippen LogP contribution in [0.4, 0.5) is 4.39 Å². The maximum absolute atomic E-state index is 13.7. The lowest BCUT2D eigenvalue weighted by Gasteiger charge is -2.09. The third-order valence-electron chi connectivity index (χ3n) is 4.98. The Morgan fingerprint density at radius 2 is 1.80 bits per heavy atom. The molecule has 1 aromatic carbocycles. The van der Waals surface area contributed by atoms with Gasteiger partial charge in [-0.25, -0.2) is 17.5 Å². The van der Waals surface area contributed by atoms with E-state index in [1.54, 1.807) is 0 Å². The average Bonchev–Trinajstić information content (AvgIpc) is 2.66. The molecule has 20 heavy (non-hydrogen) atoms. The molecule has 0 spiro atoms. The van der Waals surface area contributed by atoms with Gasteiger partial charge < -0.3 is 0 Å². The van der Waals surface area contributed by atoms with Crippen LogP contribution in [0.2, 0.25) is 0 Å². The quantitative estimate of drug-likeness (QED) is 0.888. The largest absolute Gasteiger partial charge is 0.243 e. The summed E-state index contributed by atoms with van der Waals surface area (Å²) in [7, 11) is -3.81. The monoisotopic (exact) mass is 363 g/mol. The molecule has 0 atom stereocenters. The zero-order valence-electron chi connectivity index (χ0n) is 12.0. The molecule has 0 aliphatic heterocycles. The van der Waals surface area contributed by atoms with E-state index >= 15 is 0 Å². The molecule has 0 heterocycles. The smallest absolute Gasteiger partial charge is 0.211 e. The summed E-state index contributed by atoms with van der Waals surface area (Å²) in [5.41, 5.74) is 0.182. The maximum atomic E-state index is 13.7. The van der Waals surface area contributed by atoms with Crippen molar-refractivity contribution < 1.29 is 12.8 Å². The molecule has 1 aliphatic rings. The number of halogens is 2. The van der Waals surface area contributed by atoms with E-state index in [0.717, 1.165) is 6.07 Å². The van der Waals surface area contributed by atoms with Crippen molar-refractivity contribution in [2.45, 2.75) is 32.6 Å². The molecule has 1 aliphatic carbocycles. The third-order valence-corrected chi connectivity index (χ3v) is 6.93. The van der Waals surface area contributed by atoms with Crippen LogP contribution in [0.1, 0.15) is 27.7 Å². The molecular weight excluding hydrogens is 345 g/mol. The Balaban J connectivity index is 2.14. The highest BCUT2D eigenvalue weighted by atomic mass is 79.9. The van der Waals surface area contributed by atoms with Crippen molar-refractivity contribution in [3.05, 3.63) is 28.5 Å². The lowest BCUT2D eigenvalue weighted by Crippen LogP contribution is -2.28. The van der Waals surface area contributed by atoms with Crippen LogP contribution in [0.3, 0.4) is 0 Å². The topological polar surface area (TPSA) is 46.2 Å². The van der Waals surface area contributed by atoms with Gasteiger partial charge in [0, 0.05) is 11.0 Å². The molecule has 2 rings (SSSR count). The van der Waals surface area contributed by atoms with Gasteiger partial charge in [0.15, 0.2) is 0 Å². The molecule has 6 heteroatoms. The zero-order valence-corrected chi connectivity index (χ0v) is 14.4. The highest BCUT2D eigenvalue weighted by molar-refractivity contribution is 9.10. The fourth-order valence-corrected chi connectivity index (χ4v) is 4.25. The van der Waals surface area contributed by atoms with Crippen molar-refractivity contribution in [1.29, 1.82) is 0 Å². The van der Waals surface area contributed by atoms with E-state index in [4.69, 9.17) is 0 Å². The van der Waals surface area contributed by atoms with Crippen LogP contribution >= 0.6 is 15.9 Å². The Hall–Kier alpha value is -0.460. The van der Waals surface area contributed by atoms with Gasteiger partial charge in [0.05, 0.1) is 0 Å². The first kappa shape index (κ1) is 15.9. The number of benzene rings is 1. The fourth-order valence-electron chi connectivity index (χ4n) is 2.81. The molecule has 1 N–H and O–H groups in total. The van der Waals surface area contributed by atoms with Crippen LogP contribution in [-0.4, -0.2) is 15.0 Å². The summed E-state index contributed by atoms with van der Waals surface area (Å²) < 4.78 is 41.1. The third kappa shape index (κ3) is 2.53. The average molecular weight is 364 g/mol. The Kier molecular flexibility index (Phi) is 3.81. The minimum absolute atomic E-state index is 0.0911. The molecule has 0 unspecified atom stereocenters. The molecule has 0 aromatic heterocycles. The van der Waals surface area contributed by atoms with E-state index in [9.17, 15) is 12.8 Å². The predicted octanol–water partition coefficient (Wildman–Crippen LogP) is 3.55. The van der Waals surface area contributed by atoms with Gasteiger partial charge in [0.1, 0.15) is 10.7 Å². The normalized spacial score (nSPS) is 20.9. The van der Waals surface area contributed by atoms with Crippen molar-refractivity contribution in [3.63, 3.8) is 0 Å². The Morgan fingerprint density at radius 3 is 2.25 bits per heavy atom. The summed E-state index contributed by atoms with van der Waals surface area (Å²) in [6.07, 6.45) is 0. The number of rotatable bonds is 4. The minimum Gasteiger partial charge on any atom is -0.211 e. The number of hydrogen-bond acceptors (Lipinski definition) is 2. The Labute approximate surface area is 128 Å². The summed E-state index contributed by atoms with van der Waals surface area (Å²) in [5.74, 6) is -0.496. The second kappa shape index (κ2) is 4.78. The Bertz CT molecular complexity index is 627. The summed E-state index contributed by atoms with van der Waals surface area (Å²) in [4.78, 5) is -0.308. The van der Waals surface area contributed by atoms with Crippen LogP contribution in [0.5, 0.6) is 0 Å². The zero-order chi connectivity index (χ0) is 15.3. The second-order valence-electron chi connectivity index (χ2n) is 6.42. The number of nitrogens with one attached hydrogen (secondary N) is 1. The van der Waals surface area contributed by atoms with Crippen LogP contribution in [0, 0.1) is 22.6 Å². The first-order valence-corrected chi connectivity index (χ1v) is 8.72. The SMILES string of the molecule is CC1(C)C(CNS(=O)(=O)c2ccc(Br)cc2F)C1(C)C. The van der Waals surface area contributed by atoms with Gasteiger partial charge in [0.25, 0.3) is 0 Å². The first-order chi connectivity index (χ1) is 9.00. The molecule has 0 radical (unpaired) electrons. The molecular formula is C14H19BrFNO2S. The van der Waals surface area contributed by atoms with E-state index in [1.165, 1.54) is 12.1 Å². The summed E-state index contributed by atoms with van der Waals surface area (Å²) >= 11 is 3.11. The van der Waals surface area contributed by atoms with Crippen molar-refractivity contribution in [1.82, 2.24) is 4.72 Å². The summed E-state index contributed by atoms with van der Waals surface area (Å²) in [6.45, 7) is 8.80. The first-order valence-electron chi connectivity index (χ1n) is 6.45. The fraction of sp³-hybridized carbons (Fsp3) is 0.571. The predicted molar refractivity (Wildman–Crippen MR) is 80.3 cm³/mol. The highest BCUT2D eigenvalue weighted by Gasteiger charge is 2.64. The van der Waals surface area contributed by atoms with Gasteiger partial charge in [-0.1, -0.05) is 43.6 Å². The standard InChI is InChI=1S/C14H19BrFNO2S/c1-13(2)12(14(13,3)4)8-17-20(18,19)11-6-5-9(15)7-10(11)16/h5-7,12,17H,8H2,1-4H3. The van der Waals surface area contributed by atoms with E-state index in [1.807, 2.05) is 0 Å². The maximum Gasteiger partial charge on any atom is 0.243 e. The molecule has 0 saturated heterocycles. The van der Waals surface area contributed by atoms with Crippen molar-refractivity contribution >= 4 is 26.0 Å².